The molecule has 1 aliphatic carbocycles. The highest BCUT2D eigenvalue weighted by Crippen LogP contribution is 2.67. The van der Waals surface area contributed by atoms with Gasteiger partial charge in [0.05, 0.1) is 25.1 Å². The minimum absolute atomic E-state index is 0.0306. The van der Waals surface area contributed by atoms with Crippen LogP contribution < -0.4 is 9.47 Å². The summed E-state index contributed by atoms with van der Waals surface area (Å²) in [5, 5.41) is 12.8. The minimum atomic E-state index is -1.23. The zero-order valence-corrected chi connectivity index (χ0v) is 16.2. The average molecular weight is 394 g/mol. The summed E-state index contributed by atoms with van der Waals surface area (Å²) in [6, 6.07) is 17.8. The van der Waals surface area contributed by atoms with E-state index in [9.17, 15) is 5.11 Å². The number of nitrogens with zero attached hydrogens (tertiary/aromatic N) is 1. The van der Waals surface area contributed by atoms with Gasteiger partial charge in [0.2, 0.25) is 0 Å². The van der Waals surface area contributed by atoms with E-state index in [0.29, 0.717) is 28.5 Å². The van der Waals surface area contributed by atoms with Crippen LogP contribution in [0.3, 0.4) is 0 Å². The molecule has 2 heterocycles. The number of hydrogen-bond donors (Lipinski definition) is 1. The Morgan fingerprint density at radius 3 is 2.57 bits per heavy atom. The smallest absolute Gasteiger partial charge is 0.174 e. The number of halogens is 1. The quantitative estimate of drug-likeness (QED) is 0.694. The van der Waals surface area contributed by atoms with E-state index in [1.165, 1.54) is 0 Å². The van der Waals surface area contributed by atoms with Gasteiger partial charge in [-0.05, 0) is 36.1 Å². The molecule has 28 heavy (non-hydrogen) atoms. The van der Waals surface area contributed by atoms with E-state index in [4.69, 9.17) is 21.1 Å². The fourth-order valence-corrected chi connectivity index (χ4v) is 5.14. The molecule has 3 atom stereocenters. The minimum Gasteiger partial charge on any atom is -0.495 e. The maximum atomic E-state index is 12.1. The van der Waals surface area contributed by atoms with Crippen LogP contribution in [-0.4, -0.2) is 17.2 Å². The van der Waals surface area contributed by atoms with Crippen molar-refractivity contribution < 1.29 is 14.6 Å². The van der Waals surface area contributed by atoms with Gasteiger partial charge in [-0.25, -0.2) is 0 Å². The number of hydrogen-bond acceptors (Lipinski definition) is 4. The number of methoxy groups -OCH3 is 1. The molecule has 1 fully saturated rings. The Balaban J connectivity index is 1.78. The molecule has 1 aliphatic heterocycles. The largest absolute Gasteiger partial charge is 0.495 e. The van der Waals surface area contributed by atoms with Crippen LogP contribution in [-0.2, 0) is 11.2 Å². The first kappa shape index (κ1) is 17.5. The van der Waals surface area contributed by atoms with Crippen LogP contribution in [0.2, 0.25) is 5.02 Å². The maximum Gasteiger partial charge on any atom is 0.174 e. The zero-order chi connectivity index (χ0) is 19.4. The molecule has 0 saturated heterocycles. The number of rotatable bonds is 3. The van der Waals surface area contributed by atoms with Gasteiger partial charge in [0, 0.05) is 10.9 Å². The summed E-state index contributed by atoms with van der Waals surface area (Å²) >= 11 is 6.15. The predicted octanol–water partition coefficient (Wildman–Crippen LogP) is 4.80. The summed E-state index contributed by atoms with van der Waals surface area (Å²) in [6.45, 7) is 0. The van der Waals surface area contributed by atoms with Gasteiger partial charge in [-0.2, -0.15) is 0 Å². The number of benzene rings is 2. The zero-order valence-electron chi connectivity index (χ0n) is 15.4. The van der Waals surface area contributed by atoms with E-state index in [0.717, 1.165) is 17.5 Å². The first-order chi connectivity index (χ1) is 13.6. The summed E-state index contributed by atoms with van der Waals surface area (Å²) in [4.78, 5) is 4.24. The van der Waals surface area contributed by atoms with E-state index in [1.807, 2.05) is 42.5 Å². The van der Waals surface area contributed by atoms with Crippen LogP contribution in [0, 0.1) is 0 Å². The number of pyridine rings is 1. The molecule has 0 amide bonds. The van der Waals surface area contributed by atoms with Gasteiger partial charge in [0.15, 0.2) is 5.60 Å². The monoisotopic (exact) mass is 393 g/mol. The van der Waals surface area contributed by atoms with E-state index in [1.54, 1.807) is 19.5 Å². The molecule has 2 unspecified atom stereocenters. The molecular formula is C23H20ClNO3. The Bertz CT molecular complexity index is 1020. The van der Waals surface area contributed by atoms with Gasteiger partial charge < -0.3 is 14.6 Å². The lowest BCUT2D eigenvalue weighted by Crippen LogP contribution is -2.48. The highest BCUT2D eigenvalue weighted by molar-refractivity contribution is 6.30. The molecule has 2 aromatic carbocycles. The number of fused-ring (bicyclic) bond motifs is 3. The Labute approximate surface area is 168 Å². The average Bonchev–Trinajstić information content (AvgIpc) is 3.16. The van der Waals surface area contributed by atoms with Crippen LogP contribution in [0.25, 0.3) is 0 Å². The summed E-state index contributed by atoms with van der Waals surface area (Å²) in [5.74, 6) is 1.08. The van der Waals surface area contributed by atoms with Gasteiger partial charge in [0.1, 0.15) is 17.1 Å². The van der Waals surface area contributed by atoms with Crippen molar-refractivity contribution >= 4 is 11.6 Å². The SMILES string of the molecule is COc1cncc2c1C1(O)CCC(c3ccccc3)[C@]1(c1ccc(Cl)cc1)O2. The molecule has 1 aromatic heterocycles. The lowest BCUT2D eigenvalue weighted by Gasteiger charge is -2.40. The fraction of sp³-hybridized carbons (Fsp3) is 0.261. The van der Waals surface area contributed by atoms with Crippen LogP contribution in [0.5, 0.6) is 11.5 Å². The van der Waals surface area contributed by atoms with Gasteiger partial charge in [-0.1, -0.05) is 54.1 Å². The molecule has 0 bridgehead atoms. The van der Waals surface area contributed by atoms with Crippen molar-refractivity contribution in [3.05, 3.63) is 88.7 Å². The van der Waals surface area contributed by atoms with Gasteiger partial charge in [-0.15, -0.1) is 0 Å². The molecule has 2 aliphatic rings. The fourth-order valence-electron chi connectivity index (χ4n) is 5.02. The second kappa shape index (κ2) is 6.23. The molecular weight excluding hydrogens is 374 g/mol. The van der Waals surface area contributed by atoms with Crippen molar-refractivity contribution in [1.29, 1.82) is 0 Å². The van der Waals surface area contributed by atoms with Gasteiger partial charge in [0.25, 0.3) is 0 Å². The van der Waals surface area contributed by atoms with Crippen molar-refractivity contribution in [3.8, 4) is 11.5 Å². The van der Waals surface area contributed by atoms with Crippen LogP contribution >= 0.6 is 11.6 Å². The second-order valence-corrected chi connectivity index (χ2v) is 7.86. The summed E-state index contributed by atoms with van der Waals surface area (Å²) in [5.41, 5.74) is 0.498. The lowest BCUT2D eigenvalue weighted by molar-refractivity contribution is -0.106. The molecule has 5 heteroatoms. The standard InChI is InChI=1S/C23H20ClNO3/c1-27-19-13-25-14-20-21(19)22(26)12-11-18(15-5-3-2-4-6-15)23(22,28-20)16-7-9-17(24)10-8-16/h2-10,13-14,18,26H,11-12H2,1H3/t18?,22?,23-/m0/s1. The highest BCUT2D eigenvalue weighted by atomic mass is 35.5. The van der Waals surface area contributed by atoms with Gasteiger partial charge >= 0.3 is 0 Å². The molecule has 0 spiro atoms. The number of ether oxygens (including phenoxy) is 2. The highest BCUT2D eigenvalue weighted by Gasteiger charge is 2.69. The Kier molecular flexibility index (Phi) is 3.90. The molecule has 3 aromatic rings. The van der Waals surface area contributed by atoms with Crippen LogP contribution in [0.4, 0.5) is 0 Å². The molecule has 1 N–H and O–H groups in total. The van der Waals surface area contributed by atoms with E-state index >= 15 is 0 Å². The first-order valence-corrected chi connectivity index (χ1v) is 9.73. The van der Waals surface area contributed by atoms with E-state index < -0.39 is 11.2 Å². The molecule has 0 radical (unpaired) electrons. The normalized spacial score (nSPS) is 27.8. The summed E-state index contributed by atoms with van der Waals surface area (Å²) < 4.78 is 12.2. The third-order valence-electron chi connectivity index (χ3n) is 6.16. The van der Waals surface area contributed by atoms with E-state index in [2.05, 4.69) is 17.1 Å². The Morgan fingerprint density at radius 2 is 1.86 bits per heavy atom. The van der Waals surface area contributed by atoms with Crippen molar-refractivity contribution in [2.24, 2.45) is 0 Å². The number of aliphatic hydroxyl groups is 1. The third kappa shape index (κ3) is 2.19. The van der Waals surface area contributed by atoms with Crippen molar-refractivity contribution in [1.82, 2.24) is 4.98 Å². The molecule has 1 saturated carbocycles. The van der Waals surface area contributed by atoms with E-state index in [-0.39, 0.29) is 5.92 Å². The Morgan fingerprint density at radius 1 is 1.11 bits per heavy atom. The third-order valence-corrected chi connectivity index (χ3v) is 6.41. The van der Waals surface area contributed by atoms with Crippen LogP contribution in [0.15, 0.2) is 67.0 Å². The molecule has 4 nitrogen and oxygen atoms in total. The van der Waals surface area contributed by atoms with Crippen molar-refractivity contribution in [2.45, 2.75) is 30.0 Å². The lowest BCUT2D eigenvalue weighted by atomic mass is 9.72. The first-order valence-electron chi connectivity index (χ1n) is 9.35. The molecule has 142 valence electrons. The topological polar surface area (TPSA) is 51.6 Å². The van der Waals surface area contributed by atoms with Crippen molar-refractivity contribution in [2.75, 3.05) is 7.11 Å². The second-order valence-electron chi connectivity index (χ2n) is 7.42. The summed E-state index contributed by atoms with van der Waals surface area (Å²) in [7, 11) is 1.59. The number of aromatic nitrogens is 1. The predicted molar refractivity (Wildman–Crippen MR) is 107 cm³/mol. The van der Waals surface area contributed by atoms with Crippen LogP contribution in [0.1, 0.15) is 35.4 Å². The Hall–Kier alpha value is -2.56. The van der Waals surface area contributed by atoms with Gasteiger partial charge in [-0.3, -0.25) is 4.98 Å². The maximum absolute atomic E-state index is 12.1. The molecule has 5 rings (SSSR count). The summed E-state index contributed by atoms with van der Waals surface area (Å²) in [6.07, 6.45) is 4.64. The van der Waals surface area contributed by atoms with Crippen molar-refractivity contribution in [3.63, 3.8) is 0 Å².